The van der Waals surface area contributed by atoms with Crippen LogP contribution in [0.25, 0.3) is 43.4 Å². The van der Waals surface area contributed by atoms with Gasteiger partial charge in [-0.1, -0.05) is 155 Å². The minimum absolute atomic E-state index is 0.0665. The van der Waals surface area contributed by atoms with Crippen LogP contribution in [-0.2, 0) is 4.66 Å². The van der Waals surface area contributed by atoms with Gasteiger partial charge in [0.1, 0.15) is 0 Å². The lowest BCUT2D eigenvalue weighted by atomic mass is 9.90. The summed E-state index contributed by atoms with van der Waals surface area (Å²) in [6.45, 7) is 20.3. The van der Waals surface area contributed by atoms with Crippen LogP contribution in [0.3, 0.4) is 0 Å². The molecular weight excluding hydrogens is 769 g/mol. The molecule has 10 rings (SSSR count). The number of para-hydroxylation sites is 4. The maximum Gasteiger partial charge on any atom is 0.0579 e. The molecule has 9 aromatic carbocycles. The predicted octanol–water partition coefficient (Wildman–Crippen LogP) is 16.7. The Labute approximate surface area is 363 Å². The van der Waals surface area contributed by atoms with Crippen molar-refractivity contribution in [1.82, 2.24) is 0 Å². The van der Waals surface area contributed by atoms with Crippen LogP contribution in [0.4, 0.5) is 34.1 Å². The van der Waals surface area contributed by atoms with E-state index >= 15 is 0 Å². The van der Waals surface area contributed by atoms with Gasteiger partial charge in [-0.3, -0.25) is 0 Å². The van der Waals surface area contributed by atoms with E-state index in [1.165, 1.54) is 77.3 Å². The Morgan fingerprint density at radius 1 is 0.377 bits per heavy atom. The third-order valence-corrected chi connectivity index (χ3v) is 23.6. The normalized spacial score (nSPS) is 13.4. The van der Waals surface area contributed by atoms with Crippen LogP contribution in [-0.4, -0.2) is 16.1 Å². The summed E-state index contributed by atoms with van der Waals surface area (Å²) in [6, 6.07) is 68.1. The zero-order chi connectivity index (χ0) is 42.3. The van der Waals surface area contributed by atoms with Crippen molar-refractivity contribution in [1.29, 1.82) is 0 Å². The second kappa shape index (κ2) is 14.5. The third kappa shape index (κ3) is 6.02. The van der Waals surface area contributed by atoms with Crippen LogP contribution in [0, 0.1) is 13.8 Å². The summed E-state index contributed by atoms with van der Waals surface area (Å²) in [5.74, 6) is 0. The van der Waals surface area contributed by atoms with Gasteiger partial charge >= 0.3 is 0 Å². The summed E-state index contributed by atoms with van der Waals surface area (Å²) in [5.41, 5.74) is 15.6. The van der Waals surface area contributed by atoms with Gasteiger partial charge in [0, 0.05) is 38.8 Å². The number of hydrogen-bond acceptors (Lipinski definition) is 2. The van der Waals surface area contributed by atoms with E-state index in [1.54, 1.807) is 11.1 Å². The Kier molecular flexibility index (Phi) is 9.24. The van der Waals surface area contributed by atoms with Crippen molar-refractivity contribution >= 4 is 82.6 Å². The predicted molar refractivity (Wildman–Crippen MR) is 271 cm³/mol. The maximum absolute atomic E-state index is 2.64. The number of hydrogen-bond donors (Lipinski definition) is 0. The van der Waals surface area contributed by atoms with Gasteiger partial charge in [-0.15, -0.1) is 0 Å². The first-order valence-corrected chi connectivity index (χ1v) is 28.8. The molecule has 4 heteroatoms. The summed E-state index contributed by atoms with van der Waals surface area (Å²) >= 11 is 0. The Morgan fingerprint density at radius 2 is 0.869 bits per heavy atom. The zero-order valence-electron chi connectivity index (χ0n) is 36.7. The van der Waals surface area contributed by atoms with Gasteiger partial charge in [-0.05, 0) is 146 Å². The van der Waals surface area contributed by atoms with Crippen LogP contribution < -0.4 is 9.80 Å². The number of aryl methyl sites for hydroxylation is 2. The average molecular weight is 823 g/mol. The van der Waals surface area contributed by atoms with Crippen LogP contribution in [0.5, 0.6) is 0 Å². The third-order valence-electron chi connectivity index (χ3n) is 13.5. The summed E-state index contributed by atoms with van der Waals surface area (Å²) in [5, 5.41) is 7.98. The summed E-state index contributed by atoms with van der Waals surface area (Å²) in [6.07, 6.45) is 0. The van der Waals surface area contributed by atoms with E-state index in [-0.39, 0.29) is 4.66 Å². The van der Waals surface area contributed by atoms with Gasteiger partial charge < -0.3 is 9.80 Å². The average Bonchev–Trinajstić information content (AvgIpc) is 3.57. The van der Waals surface area contributed by atoms with Crippen LogP contribution in [0.15, 0.2) is 182 Å². The van der Waals surface area contributed by atoms with Gasteiger partial charge in [0.25, 0.3) is 0 Å². The lowest BCUT2D eigenvalue weighted by molar-refractivity contribution is 0.965. The van der Waals surface area contributed by atoms with Gasteiger partial charge in [0.05, 0.1) is 16.1 Å². The van der Waals surface area contributed by atoms with E-state index in [4.69, 9.17) is 0 Å². The van der Waals surface area contributed by atoms with Crippen molar-refractivity contribution < 1.29 is 0 Å². The molecule has 9 aromatic rings. The van der Waals surface area contributed by atoms with E-state index < -0.39 is 16.1 Å². The van der Waals surface area contributed by atoms with E-state index in [0.29, 0.717) is 0 Å². The molecule has 0 fully saturated rings. The fourth-order valence-electron chi connectivity index (χ4n) is 11.4. The molecule has 0 aromatic heterocycles. The Bertz CT molecular complexity index is 3130. The van der Waals surface area contributed by atoms with E-state index in [0.717, 1.165) is 11.4 Å². The fraction of sp³-hybridized carbons (Fsp3) is 0.158. The van der Waals surface area contributed by atoms with E-state index in [1.807, 2.05) is 0 Å². The van der Waals surface area contributed by atoms with Crippen LogP contribution in [0.1, 0.15) is 22.3 Å². The van der Waals surface area contributed by atoms with E-state index in [9.17, 15) is 0 Å². The van der Waals surface area contributed by atoms with Crippen molar-refractivity contribution in [2.24, 2.45) is 0 Å². The van der Waals surface area contributed by atoms with Gasteiger partial charge in [0.2, 0.25) is 0 Å². The van der Waals surface area contributed by atoms with Gasteiger partial charge in [0.15, 0.2) is 0 Å². The zero-order valence-corrected chi connectivity index (χ0v) is 38.7. The summed E-state index contributed by atoms with van der Waals surface area (Å²) in [7, 11) is -4.12. The monoisotopic (exact) mass is 822 g/mol. The highest BCUT2D eigenvalue weighted by atomic mass is 28.4. The molecule has 0 amide bonds. The number of fused-ring (bicyclic) bond motifs is 9. The quantitative estimate of drug-likeness (QED) is 0.111. The highest BCUT2D eigenvalue weighted by molar-refractivity contribution is 7.00. The smallest absolute Gasteiger partial charge is 0.0579 e. The molecule has 1 aliphatic carbocycles. The van der Waals surface area contributed by atoms with E-state index in [2.05, 4.69) is 245 Å². The maximum atomic E-state index is 2.64. The molecule has 0 atom stereocenters. The molecular formula is C57H54N2Si2. The largest absolute Gasteiger partial charge is 0.310 e. The molecule has 0 heterocycles. The molecule has 1 aliphatic rings. The minimum Gasteiger partial charge on any atom is -0.310 e. The highest BCUT2D eigenvalue weighted by Gasteiger charge is 2.60. The lowest BCUT2D eigenvalue weighted by Crippen LogP contribution is -2.63. The molecule has 61 heavy (non-hydrogen) atoms. The van der Waals surface area contributed by atoms with Gasteiger partial charge in [-0.2, -0.15) is 0 Å². The first-order valence-electron chi connectivity index (χ1n) is 21.8. The summed E-state index contributed by atoms with van der Waals surface area (Å²) < 4.78 is -0.0665. The Morgan fingerprint density at radius 3 is 1.43 bits per heavy atom. The molecule has 0 radical (unpaired) electrons. The molecule has 0 spiro atoms. The molecule has 0 bridgehead atoms. The topological polar surface area (TPSA) is 6.48 Å². The fourth-order valence-corrected chi connectivity index (χ4v) is 24.4. The summed E-state index contributed by atoms with van der Waals surface area (Å²) in [4.78, 5) is 4.87. The molecule has 0 saturated carbocycles. The standard InChI is InChI=1S/C57H54N2Si2/c1-39-21-15-19-29-53(39)58(43-23-11-9-12-24-43)45-32-31-41-36-51-52(37-42(41)35-45)57(60(3,4)5,61(6,7)8)56-49-34-33-46(38-50(49)47-27-17-18-28-48(47)55(51)56)59(44-25-13-10-14-26-44)54-30-20-16-22-40(54)2/h9-38H,1-8H3. The van der Waals surface area contributed by atoms with Crippen molar-refractivity contribution in [2.45, 2.75) is 57.8 Å². The van der Waals surface area contributed by atoms with Crippen molar-refractivity contribution in [3.05, 3.63) is 204 Å². The molecule has 0 saturated heterocycles. The number of anilines is 6. The molecule has 0 aliphatic heterocycles. The molecule has 0 N–H and O–H groups in total. The number of rotatable bonds is 8. The second-order valence-corrected chi connectivity index (χ2v) is 30.1. The Balaban J connectivity index is 1.27. The lowest BCUT2D eigenvalue weighted by Gasteiger charge is -2.51. The minimum atomic E-state index is -2.06. The van der Waals surface area contributed by atoms with Crippen LogP contribution >= 0.6 is 0 Å². The van der Waals surface area contributed by atoms with Crippen molar-refractivity contribution in [2.75, 3.05) is 9.80 Å². The second-order valence-electron chi connectivity index (χ2n) is 19.1. The SMILES string of the molecule is Cc1ccccc1N(c1ccccc1)c1ccc2cc3c(cc2c1)C([Si](C)(C)C)([Si](C)(C)C)c1c-3c2ccccc2c2cc(N(c3ccccc3)c3ccccc3C)ccc12. The first-order chi connectivity index (χ1) is 29.4. The van der Waals surface area contributed by atoms with Gasteiger partial charge in [-0.25, -0.2) is 0 Å². The first kappa shape index (κ1) is 39.0. The van der Waals surface area contributed by atoms with Crippen LogP contribution in [0.2, 0.25) is 39.3 Å². The molecule has 300 valence electrons. The molecule has 0 unspecified atom stereocenters. The Hall–Kier alpha value is -6.21. The van der Waals surface area contributed by atoms with Crippen molar-refractivity contribution in [3.63, 3.8) is 0 Å². The number of nitrogens with zero attached hydrogens (tertiary/aromatic N) is 2. The number of benzene rings is 9. The van der Waals surface area contributed by atoms with Crippen molar-refractivity contribution in [3.8, 4) is 11.1 Å². The highest BCUT2D eigenvalue weighted by Crippen LogP contribution is 2.62. The molecule has 2 nitrogen and oxygen atoms in total.